The number of pyridine rings is 1. The van der Waals surface area contributed by atoms with Crippen molar-refractivity contribution in [3.8, 4) is 17.1 Å². The molecule has 4 heterocycles. The van der Waals surface area contributed by atoms with E-state index >= 15 is 0 Å². The van der Waals surface area contributed by atoms with Crippen molar-refractivity contribution < 1.29 is 22.9 Å². The van der Waals surface area contributed by atoms with E-state index in [-0.39, 0.29) is 14.3 Å². The van der Waals surface area contributed by atoms with Crippen LogP contribution in [0.25, 0.3) is 11.3 Å². The van der Waals surface area contributed by atoms with Gasteiger partial charge in [-0.15, -0.1) is 5.73 Å². The van der Waals surface area contributed by atoms with Crippen LogP contribution in [0.2, 0.25) is 0 Å². The number of ether oxygens (including phenoxy) is 2. The SMILES string of the molecule is C=C=C(Nc1ccc(-c2cncc(OCC)n2)cn1)C1(c2ccnc(N)n2)CCOCC1.CNC.CO.O.[HH].[HH]. The monoisotopic (exact) mass is 530 g/mol. The molecule has 12 heteroatoms. The van der Waals surface area contributed by atoms with E-state index in [0.717, 1.165) is 24.1 Å². The molecule has 1 aliphatic rings. The van der Waals surface area contributed by atoms with Crippen molar-refractivity contribution >= 4 is 11.8 Å². The number of aromatic nitrogens is 5. The number of aliphatic hydroxyl groups excluding tert-OH is 1. The predicted octanol–water partition coefficient (Wildman–Crippen LogP) is 2.25. The molecule has 1 aliphatic heterocycles. The van der Waals surface area contributed by atoms with Crippen molar-refractivity contribution in [2.75, 3.05) is 52.1 Å². The number of rotatable bonds is 7. The summed E-state index contributed by atoms with van der Waals surface area (Å²) in [5.41, 5.74) is 11.6. The maximum absolute atomic E-state index is 7.00. The van der Waals surface area contributed by atoms with Gasteiger partial charge < -0.3 is 36.4 Å². The van der Waals surface area contributed by atoms with E-state index in [2.05, 4.69) is 47.9 Å². The zero-order valence-electron chi connectivity index (χ0n) is 22.4. The van der Waals surface area contributed by atoms with Gasteiger partial charge >= 0.3 is 0 Å². The van der Waals surface area contributed by atoms with E-state index < -0.39 is 5.41 Å². The lowest BCUT2D eigenvalue weighted by molar-refractivity contribution is 0.0610. The van der Waals surface area contributed by atoms with Gasteiger partial charge in [0.15, 0.2) is 0 Å². The summed E-state index contributed by atoms with van der Waals surface area (Å²) >= 11 is 0. The highest BCUT2D eigenvalue weighted by molar-refractivity contribution is 5.60. The minimum Gasteiger partial charge on any atom is -0.477 e. The molecule has 3 aromatic heterocycles. The van der Waals surface area contributed by atoms with Gasteiger partial charge in [0.1, 0.15) is 5.82 Å². The number of aliphatic hydroxyl groups is 1. The second-order valence-electron chi connectivity index (χ2n) is 7.78. The Hall–Kier alpha value is -3.93. The van der Waals surface area contributed by atoms with Crippen molar-refractivity contribution in [3.05, 3.63) is 66.7 Å². The van der Waals surface area contributed by atoms with Crippen molar-refractivity contribution in [3.63, 3.8) is 0 Å². The zero-order chi connectivity index (χ0) is 27.1. The van der Waals surface area contributed by atoms with Crippen LogP contribution in [0.4, 0.5) is 11.8 Å². The highest BCUT2D eigenvalue weighted by atomic mass is 16.5. The Bertz CT molecular complexity index is 1160. The highest BCUT2D eigenvalue weighted by Crippen LogP contribution is 2.40. The third-order valence-corrected chi connectivity index (χ3v) is 5.38. The van der Waals surface area contributed by atoms with Crippen LogP contribution in [0.1, 0.15) is 28.3 Å². The maximum Gasteiger partial charge on any atom is 0.232 e. The largest absolute Gasteiger partial charge is 0.477 e. The van der Waals surface area contributed by atoms with Crippen LogP contribution in [-0.2, 0) is 10.2 Å². The molecule has 210 valence electrons. The van der Waals surface area contributed by atoms with Crippen LogP contribution in [0.5, 0.6) is 5.88 Å². The van der Waals surface area contributed by atoms with Crippen LogP contribution in [0, 0.1) is 0 Å². The smallest absolute Gasteiger partial charge is 0.232 e. The Morgan fingerprint density at radius 1 is 1.16 bits per heavy atom. The molecule has 4 rings (SSSR count). The van der Waals surface area contributed by atoms with E-state index in [1.54, 1.807) is 24.8 Å². The number of nitrogens with two attached hydrogens (primary N) is 1. The third-order valence-electron chi connectivity index (χ3n) is 5.38. The van der Waals surface area contributed by atoms with Gasteiger partial charge in [0, 0.05) is 41.1 Å². The number of allylic oxidation sites excluding steroid dienone is 1. The fourth-order valence-electron chi connectivity index (χ4n) is 3.78. The molecule has 0 radical (unpaired) electrons. The second kappa shape index (κ2) is 16.7. The number of hydrogen-bond acceptors (Lipinski definition) is 11. The van der Waals surface area contributed by atoms with Gasteiger partial charge in [0.25, 0.3) is 0 Å². The molecule has 12 nitrogen and oxygen atoms in total. The fraction of sp³-hybridized carbons (Fsp3) is 0.385. The Balaban J connectivity index is 0. The van der Waals surface area contributed by atoms with Crippen LogP contribution in [0.15, 0.2) is 61.0 Å². The van der Waals surface area contributed by atoms with Gasteiger partial charge in [0.2, 0.25) is 11.8 Å². The Kier molecular flexibility index (Phi) is 14.1. The lowest BCUT2D eigenvalue weighted by Crippen LogP contribution is -2.39. The summed E-state index contributed by atoms with van der Waals surface area (Å²) in [5, 5.41) is 13.1. The lowest BCUT2D eigenvalue weighted by atomic mass is 9.74. The number of hydrogen-bond donors (Lipinski definition) is 4. The van der Waals surface area contributed by atoms with E-state index in [9.17, 15) is 0 Å². The number of nitrogens with zero attached hydrogens (tertiary/aromatic N) is 5. The molecular weight excluding hydrogens is 488 g/mol. The Morgan fingerprint density at radius 2 is 1.87 bits per heavy atom. The summed E-state index contributed by atoms with van der Waals surface area (Å²) in [6.45, 7) is 7.54. The summed E-state index contributed by atoms with van der Waals surface area (Å²) in [7, 11) is 4.75. The van der Waals surface area contributed by atoms with Gasteiger partial charge in [-0.05, 0) is 52.1 Å². The Labute approximate surface area is 226 Å². The summed E-state index contributed by atoms with van der Waals surface area (Å²) in [6.07, 6.45) is 8.10. The zero-order valence-corrected chi connectivity index (χ0v) is 22.4. The maximum atomic E-state index is 7.00. The quantitative estimate of drug-likeness (QED) is 0.328. The molecule has 7 N–H and O–H groups in total. The van der Waals surface area contributed by atoms with Gasteiger partial charge in [-0.2, -0.15) is 0 Å². The molecule has 0 aliphatic carbocycles. The first kappa shape index (κ1) is 32.1. The van der Waals surface area contributed by atoms with E-state index in [1.165, 1.54) is 0 Å². The van der Waals surface area contributed by atoms with Crippen molar-refractivity contribution in [1.29, 1.82) is 0 Å². The van der Waals surface area contributed by atoms with Crippen molar-refractivity contribution in [2.24, 2.45) is 0 Å². The minimum absolute atomic E-state index is 0. The minimum atomic E-state index is -0.464. The molecule has 0 saturated carbocycles. The molecule has 0 unspecified atom stereocenters. The fourth-order valence-corrected chi connectivity index (χ4v) is 3.78. The Morgan fingerprint density at radius 3 is 2.45 bits per heavy atom. The van der Waals surface area contributed by atoms with Crippen LogP contribution >= 0.6 is 0 Å². The molecular formula is C26H42N8O4. The average molecular weight is 531 g/mol. The average Bonchev–Trinajstić information content (AvgIpc) is 2.94. The molecule has 0 bridgehead atoms. The van der Waals surface area contributed by atoms with Gasteiger partial charge in [-0.3, -0.25) is 4.98 Å². The molecule has 3 aromatic rings. The molecule has 0 atom stereocenters. The first-order valence-corrected chi connectivity index (χ1v) is 11.8. The summed E-state index contributed by atoms with van der Waals surface area (Å²) in [5.74, 6) is 1.37. The van der Waals surface area contributed by atoms with E-state index in [1.807, 2.05) is 39.2 Å². The summed E-state index contributed by atoms with van der Waals surface area (Å²) in [6, 6.07) is 5.68. The lowest BCUT2D eigenvalue weighted by Gasteiger charge is -2.38. The topological polar surface area (TPSA) is 185 Å². The number of nitrogens with one attached hydrogen (secondary N) is 2. The first-order chi connectivity index (χ1) is 18.1. The second-order valence-corrected chi connectivity index (χ2v) is 7.78. The predicted molar refractivity (Wildman–Crippen MR) is 152 cm³/mol. The summed E-state index contributed by atoms with van der Waals surface area (Å²) < 4.78 is 11.0. The van der Waals surface area contributed by atoms with Crippen LogP contribution in [-0.4, -0.2) is 76.5 Å². The first-order valence-electron chi connectivity index (χ1n) is 11.8. The number of anilines is 2. The van der Waals surface area contributed by atoms with Gasteiger partial charge in [-0.1, -0.05) is 6.58 Å². The third kappa shape index (κ3) is 8.30. The summed E-state index contributed by atoms with van der Waals surface area (Å²) in [4.78, 5) is 21.7. The van der Waals surface area contributed by atoms with Gasteiger partial charge in [-0.25, -0.2) is 19.9 Å². The molecule has 0 aromatic carbocycles. The van der Waals surface area contributed by atoms with E-state index in [4.69, 9.17) is 20.3 Å². The highest BCUT2D eigenvalue weighted by Gasteiger charge is 2.40. The molecule has 0 spiro atoms. The van der Waals surface area contributed by atoms with Gasteiger partial charge in [0.05, 0.1) is 41.5 Å². The normalized spacial score (nSPS) is 13.2. The number of nitrogen functional groups attached to an aromatic ring is 1. The molecule has 38 heavy (non-hydrogen) atoms. The van der Waals surface area contributed by atoms with E-state index in [0.29, 0.717) is 50.1 Å². The standard InChI is InChI=1S/C23H25N7O2.C2H7N.CH4O.H2O.2H2/c1-3-18(23(8-11-31-12-9-23)19-7-10-26-22(24)30-19)29-20-6-5-16(13-27-20)17-14-25-15-21(28-17)32-4-2;1-3-2;1-2;;;/h5-7,10,13-15H,1,4,8-9,11-12H2,2H3,(H,27,29)(H2,24,26,30);3H,1-2H3;2H,1H3;1H2;2*1H. The van der Waals surface area contributed by atoms with Crippen molar-refractivity contribution in [1.82, 2.24) is 30.2 Å². The van der Waals surface area contributed by atoms with Crippen molar-refractivity contribution in [2.45, 2.75) is 25.2 Å². The molecule has 1 fully saturated rings. The van der Waals surface area contributed by atoms with Crippen LogP contribution in [0.3, 0.4) is 0 Å². The van der Waals surface area contributed by atoms with Crippen LogP contribution < -0.4 is 21.1 Å². The molecule has 0 amide bonds. The molecule has 1 saturated heterocycles.